The zero-order chi connectivity index (χ0) is 26.6. The van der Waals surface area contributed by atoms with Crippen LogP contribution in [0.15, 0.2) is 29.5 Å². The molecule has 2 aliphatic carbocycles. The number of nitrogens with two attached hydrogens (primary N) is 1. The van der Waals surface area contributed by atoms with Crippen molar-refractivity contribution < 1.29 is 31.8 Å². The summed E-state index contributed by atoms with van der Waals surface area (Å²) in [5, 5.41) is 0.276. The van der Waals surface area contributed by atoms with Crippen LogP contribution in [0.25, 0.3) is 0 Å². The highest BCUT2D eigenvalue weighted by Crippen LogP contribution is 2.66. The number of methoxy groups -OCH3 is 1. The van der Waals surface area contributed by atoms with Crippen molar-refractivity contribution in [3.05, 3.63) is 53.0 Å². The van der Waals surface area contributed by atoms with Crippen LogP contribution in [-0.4, -0.2) is 51.9 Å². The van der Waals surface area contributed by atoms with Crippen LogP contribution >= 0.6 is 11.8 Å². The molecule has 2 N–H and O–H groups in total. The number of benzene rings is 1. The van der Waals surface area contributed by atoms with E-state index >= 15 is 4.39 Å². The third kappa shape index (κ3) is 4.93. The van der Waals surface area contributed by atoms with Gasteiger partial charge in [-0.15, -0.1) is 0 Å². The molecule has 0 radical (unpaired) electrons. The Balaban J connectivity index is 1.30. The number of Topliss-reactive ketones (excluding diaryl/α,β-unsaturated/α-hetero) is 1. The zero-order valence-corrected chi connectivity index (χ0v) is 21.1. The quantitative estimate of drug-likeness (QED) is 0.376. The van der Waals surface area contributed by atoms with E-state index in [0.717, 1.165) is 6.07 Å². The van der Waals surface area contributed by atoms with E-state index in [1.54, 1.807) is 14.0 Å². The van der Waals surface area contributed by atoms with E-state index in [9.17, 15) is 18.0 Å². The summed E-state index contributed by atoms with van der Waals surface area (Å²) in [6.45, 7) is 2.22. The van der Waals surface area contributed by atoms with E-state index in [1.165, 1.54) is 30.2 Å². The molecule has 2 saturated carbocycles. The van der Waals surface area contributed by atoms with Gasteiger partial charge < -0.3 is 15.2 Å². The Hall–Kier alpha value is -2.73. The van der Waals surface area contributed by atoms with Gasteiger partial charge in [0.2, 0.25) is 11.8 Å². The molecule has 3 aliphatic rings. The van der Waals surface area contributed by atoms with Gasteiger partial charge >= 0.3 is 0 Å². The standard InChI is InChI=1S/C25H26F4N4O3S/c1-23(19-8-24(19,12-35-2)37-22(30)33-23)15-3-13(4-16(26)21(15)27)5-18(34)17-9-32-20(10-31-17)36-11-14-6-25(28,29)7-14/h3-4,9-10,14,19H,5-8,11-12H2,1-2H3,(H2,30,33)/t19-,23+,24+/m0/s1. The van der Waals surface area contributed by atoms with E-state index in [2.05, 4.69) is 15.0 Å². The number of carbonyl (C=O) groups excluding carboxylic acids is 1. The van der Waals surface area contributed by atoms with Gasteiger partial charge in [-0.25, -0.2) is 27.5 Å². The highest BCUT2D eigenvalue weighted by atomic mass is 32.2. The summed E-state index contributed by atoms with van der Waals surface area (Å²) < 4.78 is 66.0. The number of nitrogens with zero attached hydrogens (tertiary/aromatic N) is 3. The molecule has 5 rings (SSSR count). The molecule has 2 heterocycles. The van der Waals surface area contributed by atoms with Crippen LogP contribution in [0.2, 0.25) is 0 Å². The van der Waals surface area contributed by atoms with Crippen LogP contribution in [-0.2, 0) is 16.7 Å². The molecule has 0 saturated heterocycles. The molecule has 0 bridgehead atoms. The van der Waals surface area contributed by atoms with Crippen molar-refractivity contribution in [2.24, 2.45) is 22.6 Å². The monoisotopic (exact) mass is 538 g/mol. The van der Waals surface area contributed by atoms with Crippen molar-refractivity contribution in [1.82, 2.24) is 9.97 Å². The van der Waals surface area contributed by atoms with E-state index in [-0.39, 0.29) is 70.3 Å². The van der Waals surface area contributed by atoms with Crippen molar-refractivity contribution in [2.75, 3.05) is 20.3 Å². The van der Waals surface area contributed by atoms with E-state index < -0.39 is 28.9 Å². The fourth-order valence-electron chi connectivity index (χ4n) is 5.36. The van der Waals surface area contributed by atoms with Gasteiger partial charge in [0.05, 0.1) is 35.9 Å². The van der Waals surface area contributed by atoms with Gasteiger partial charge in [-0.2, -0.15) is 0 Å². The number of halogens is 4. The summed E-state index contributed by atoms with van der Waals surface area (Å²) in [5.74, 6) is -5.43. The van der Waals surface area contributed by atoms with Gasteiger partial charge in [0, 0.05) is 43.8 Å². The summed E-state index contributed by atoms with van der Waals surface area (Å²) >= 11 is 1.39. The van der Waals surface area contributed by atoms with Crippen molar-refractivity contribution >= 4 is 22.7 Å². The van der Waals surface area contributed by atoms with Crippen molar-refractivity contribution in [1.29, 1.82) is 0 Å². The summed E-state index contributed by atoms with van der Waals surface area (Å²) in [6.07, 6.45) is 2.44. The first-order chi connectivity index (χ1) is 17.4. The predicted octanol–water partition coefficient (Wildman–Crippen LogP) is 4.29. The number of ether oxygens (including phenoxy) is 2. The fraction of sp³-hybridized carbons (Fsp3) is 0.520. The lowest BCUT2D eigenvalue weighted by Crippen LogP contribution is -2.38. The molecule has 2 aromatic rings. The van der Waals surface area contributed by atoms with E-state index in [0.29, 0.717) is 13.0 Å². The molecule has 1 aromatic heterocycles. The lowest BCUT2D eigenvalue weighted by molar-refractivity contribution is -0.119. The van der Waals surface area contributed by atoms with Gasteiger partial charge in [0.15, 0.2) is 22.6 Å². The van der Waals surface area contributed by atoms with Gasteiger partial charge in [-0.3, -0.25) is 9.79 Å². The molecule has 1 aromatic carbocycles. The molecule has 2 fully saturated rings. The van der Waals surface area contributed by atoms with E-state index in [1.807, 2.05) is 0 Å². The van der Waals surface area contributed by atoms with Gasteiger partial charge in [-0.05, 0) is 31.0 Å². The summed E-state index contributed by atoms with van der Waals surface area (Å²) in [4.78, 5) is 25.4. The second-order valence-corrected chi connectivity index (χ2v) is 11.6. The van der Waals surface area contributed by atoms with Crippen LogP contribution in [0.3, 0.4) is 0 Å². The van der Waals surface area contributed by atoms with Gasteiger partial charge in [0.1, 0.15) is 5.69 Å². The number of alkyl halides is 2. The molecule has 1 aliphatic heterocycles. The Morgan fingerprint density at radius 1 is 1.19 bits per heavy atom. The normalized spacial score (nSPS) is 28.2. The van der Waals surface area contributed by atoms with Crippen LogP contribution in [0.4, 0.5) is 17.6 Å². The molecule has 37 heavy (non-hydrogen) atoms. The number of rotatable bonds is 9. The topological polar surface area (TPSA) is 99.7 Å². The number of aliphatic imine (C=N–C) groups is 1. The molecular formula is C25H26F4N4O3S. The number of fused-ring (bicyclic) bond motifs is 1. The van der Waals surface area contributed by atoms with Crippen LogP contribution < -0.4 is 10.5 Å². The molecule has 0 unspecified atom stereocenters. The first-order valence-corrected chi connectivity index (χ1v) is 12.6. The molecular weight excluding hydrogens is 512 g/mol. The second-order valence-electron chi connectivity index (χ2n) is 10.2. The second kappa shape index (κ2) is 9.23. The molecule has 0 spiro atoms. The Morgan fingerprint density at radius 2 is 1.95 bits per heavy atom. The highest BCUT2D eigenvalue weighted by molar-refractivity contribution is 8.15. The van der Waals surface area contributed by atoms with Crippen LogP contribution in [0.1, 0.15) is 47.8 Å². The lowest BCUT2D eigenvalue weighted by atomic mass is 9.82. The van der Waals surface area contributed by atoms with Gasteiger partial charge in [0.25, 0.3) is 0 Å². The Labute approximate surface area is 215 Å². The maximum Gasteiger partial charge on any atom is 0.248 e. The van der Waals surface area contributed by atoms with Gasteiger partial charge in [-0.1, -0.05) is 11.8 Å². The molecule has 198 valence electrons. The minimum Gasteiger partial charge on any atom is -0.476 e. The zero-order valence-electron chi connectivity index (χ0n) is 20.3. The smallest absolute Gasteiger partial charge is 0.248 e. The maximum atomic E-state index is 15.1. The third-order valence-corrected chi connectivity index (χ3v) is 8.57. The van der Waals surface area contributed by atoms with Crippen molar-refractivity contribution in [3.63, 3.8) is 0 Å². The Morgan fingerprint density at radius 3 is 2.59 bits per heavy atom. The SMILES string of the molecule is COC[C@]12C[C@H]1[C@@](C)(c1cc(CC(=O)c3cnc(OCC4CC(F)(F)C4)cn3)cc(F)c1F)N=C(N)S2. The van der Waals surface area contributed by atoms with Crippen molar-refractivity contribution in [3.8, 4) is 5.88 Å². The fourth-order valence-corrected chi connectivity index (χ4v) is 6.81. The molecule has 0 amide bonds. The first-order valence-electron chi connectivity index (χ1n) is 11.8. The minimum atomic E-state index is -2.63. The van der Waals surface area contributed by atoms with Crippen LogP contribution in [0, 0.1) is 23.5 Å². The predicted molar refractivity (Wildman–Crippen MR) is 129 cm³/mol. The largest absolute Gasteiger partial charge is 0.476 e. The number of carbonyl (C=O) groups is 1. The number of hydrogen-bond acceptors (Lipinski definition) is 8. The summed E-state index contributed by atoms with van der Waals surface area (Å²) in [5.41, 5.74) is 5.27. The number of hydrogen-bond donors (Lipinski definition) is 1. The average molecular weight is 539 g/mol. The maximum absolute atomic E-state index is 15.1. The number of aromatic nitrogens is 2. The summed E-state index contributed by atoms with van der Waals surface area (Å²) in [6, 6.07) is 2.44. The molecule has 7 nitrogen and oxygen atoms in total. The highest BCUT2D eigenvalue weighted by Gasteiger charge is 2.66. The Bertz CT molecular complexity index is 1250. The van der Waals surface area contributed by atoms with Crippen LogP contribution in [0.5, 0.6) is 5.88 Å². The number of amidine groups is 1. The Kier molecular flexibility index (Phi) is 6.46. The van der Waals surface area contributed by atoms with Crippen molar-refractivity contribution in [2.45, 2.75) is 48.8 Å². The number of ketones is 1. The molecule has 3 atom stereocenters. The minimum absolute atomic E-state index is 0.0117. The lowest BCUT2D eigenvalue weighted by Gasteiger charge is -2.34. The number of thioether (sulfide) groups is 1. The average Bonchev–Trinajstić information content (AvgIpc) is 3.53. The first kappa shape index (κ1) is 25.9. The third-order valence-electron chi connectivity index (χ3n) is 7.30. The van der Waals surface area contributed by atoms with E-state index in [4.69, 9.17) is 15.2 Å². The molecule has 12 heteroatoms. The summed E-state index contributed by atoms with van der Waals surface area (Å²) in [7, 11) is 1.58.